The molecular formula is C14H11Cl2FN4. The Bertz CT molecular complexity index is 793. The highest BCUT2D eigenvalue weighted by Crippen LogP contribution is 2.27. The lowest BCUT2D eigenvalue weighted by atomic mass is 10.3. The number of hydrogen-bond acceptors (Lipinski definition) is 3. The Kier molecular flexibility index (Phi) is 3.69. The molecule has 1 N–H and O–H groups in total. The van der Waals surface area contributed by atoms with Gasteiger partial charge in [0.25, 0.3) is 0 Å². The van der Waals surface area contributed by atoms with E-state index in [2.05, 4.69) is 15.4 Å². The quantitative estimate of drug-likeness (QED) is 0.737. The molecule has 108 valence electrons. The Balaban J connectivity index is 1.79. The summed E-state index contributed by atoms with van der Waals surface area (Å²) in [4.78, 5) is 4.31. The topological polar surface area (TPSA) is 42.2 Å². The van der Waals surface area contributed by atoms with Crippen LogP contribution >= 0.6 is 23.2 Å². The highest BCUT2D eigenvalue weighted by molar-refractivity contribution is 6.35. The molecule has 0 spiro atoms. The molecule has 1 aromatic carbocycles. The van der Waals surface area contributed by atoms with Gasteiger partial charge in [0.15, 0.2) is 11.5 Å². The highest BCUT2D eigenvalue weighted by Gasteiger charge is 2.07. The van der Waals surface area contributed by atoms with Crippen LogP contribution in [0.3, 0.4) is 0 Å². The first-order valence-electron chi connectivity index (χ1n) is 6.22. The lowest BCUT2D eigenvalue weighted by Gasteiger charge is -2.08. The second-order valence-corrected chi connectivity index (χ2v) is 5.47. The van der Waals surface area contributed by atoms with Crippen molar-refractivity contribution in [3.8, 4) is 0 Å². The van der Waals surface area contributed by atoms with Crippen molar-refractivity contribution in [3.63, 3.8) is 0 Å². The Labute approximate surface area is 130 Å². The van der Waals surface area contributed by atoms with Crippen LogP contribution in [0.15, 0.2) is 30.6 Å². The normalized spacial score (nSPS) is 11.0. The second-order valence-electron chi connectivity index (χ2n) is 4.66. The van der Waals surface area contributed by atoms with Crippen LogP contribution in [0, 0.1) is 12.7 Å². The van der Waals surface area contributed by atoms with E-state index < -0.39 is 5.82 Å². The first-order valence-corrected chi connectivity index (χ1v) is 6.98. The number of rotatable bonds is 3. The minimum atomic E-state index is -0.612. The molecular weight excluding hydrogens is 314 g/mol. The second kappa shape index (κ2) is 5.50. The summed E-state index contributed by atoms with van der Waals surface area (Å²) in [6.45, 7) is 2.41. The molecule has 0 amide bonds. The zero-order valence-corrected chi connectivity index (χ0v) is 12.6. The van der Waals surface area contributed by atoms with Crippen molar-refractivity contribution in [2.75, 3.05) is 5.32 Å². The molecule has 0 saturated carbocycles. The summed E-state index contributed by atoms with van der Waals surface area (Å²) in [5.41, 5.74) is 3.28. The Morgan fingerprint density at radius 1 is 1.24 bits per heavy atom. The fraction of sp³-hybridized carbons (Fsp3) is 0.143. The smallest absolute Gasteiger partial charge is 0.160 e. The summed E-state index contributed by atoms with van der Waals surface area (Å²) in [5, 5.41) is 7.40. The molecule has 4 nitrogen and oxygen atoms in total. The van der Waals surface area contributed by atoms with E-state index in [9.17, 15) is 4.39 Å². The lowest BCUT2D eigenvalue weighted by Crippen LogP contribution is -2.02. The van der Waals surface area contributed by atoms with Gasteiger partial charge in [-0.15, -0.1) is 0 Å². The lowest BCUT2D eigenvalue weighted by molar-refractivity contribution is 0.629. The summed E-state index contributed by atoms with van der Waals surface area (Å²) >= 11 is 11.5. The number of fused-ring (bicyclic) bond motifs is 1. The first kappa shape index (κ1) is 14.1. The molecule has 3 rings (SSSR count). The van der Waals surface area contributed by atoms with E-state index in [1.165, 1.54) is 12.1 Å². The molecule has 0 bridgehead atoms. The summed E-state index contributed by atoms with van der Waals surface area (Å²) in [6, 6.07) is 4.89. The van der Waals surface area contributed by atoms with E-state index in [0.717, 1.165) is 16.9 Å². The average Bonchev–Trinajstić information content (AvgIpc) is 2.81. The Morgan fingerprint density at radius 3 is 2.67 bits per heavy atom. The number of aryl methyl sites for hydroxylation is 1. The zero-order chi connectivity index (χ0) is 15.0. The number of nitrogens with one attached hydrogen (secondary N) is 1. The van der Waals surface area contributed by atoms with E-state index in [4.69, 9.17) is 23.2 Å². The van der Waals surface area contributed by atoms with Crippen LogP contribution in [-0.2, 0) is 6.54 Å². The van der Waals surface area contributed by atoms with Crippen LogP contribution < -0.4 is 5.32 Å². The average molecular weight is 325 g/mol. The molecule has 0 unspecified atom stereocenters. The summed E-state index contributed by atoms with van der Waals surface area (Å²) in [7, 11) is 0. The molecule has 0 fully saturated rings. The number of halogens is 3. The predicted octanol–water partition coefficient (Wildman–Crippen LogP) is 4.10. The molecule has 0 aliphatic rings. The minimum Gasteiger partial charge on any atom is -0.381 e. The van der Waals surface area contributed by atoms with Crippen LogP contribution in [0.2, 0.25) is 10.0 Å². The summed E-state index contributed by atoms with van der Waals surface area (Å²) < 4.78 is 15.1. The highest BCUT2D eigenvalue weighted by atomic mass is 35.5. The van der Waals surface area contributed by atoms with Crippen molar-refractivity contribution >= 4 is 34.5 Å². The van der Waals surface area contributed by atoms with Gasteiger partial charge in [-0.2, -0.15) is 5.10 Å². The van der Waals surface area contributed by atoms with Gasteiger partial charge in [0, 0.05) is 36.3 Å². The third kappa shape index (κ3) is 2.94. The van der Waals surface area contributed by atoms with Crippen molar-refractivity contribution in [2.45, 2.75) is 13.5 Å². The third-order valence-electron chi connectivity index (χ3n) is 2.97. The number of anilines is 1. The summed E-state index contributed by atoms with van der Waals surface area (Å²) in [5.74, 6) is -0.612. The molecule has 0 saturated heterocycles. The van der Waals surface area contributed by atoms with Crippen molar-refractivity contribution < 1.29 is 4.39 Å². The Hall–Kier alpha value is -1.85. The van der Waals surface area contributed by atoms with Crippen molar-refractivity contribution in [3.05, 3.63) is 57.7 Å². The van der Waals surface area contributed by atoms with E-state index in [1.807, 2.05) is 19.2 Å². The Morgan fingerprint density at radius 2 is 1.95 bits per heavy atom. The molecule has 0 aliphatic heterocycles. The van der Waals surface area contributed by atoms with Crippen LogP contribution in [0.4, 0.5) is 10.1 Å². The third-order valence-corrected chi connectivity index (χ3v) is 3.52. The van der Waals surface area contributed by atoms with Crippen LogP contribution in [-0.4, -0.2) is 14.6 Å². The maximum Gasteiger partial charge on any atom is 0.160 e. The number of aromatic nitrogens is 3. The molecule has 3 aromatic rings. The van der Waals surface area contributed by atoms with Gasteiger partial charge in [-0.05, 0) is 19.1 Å². The maximum atomic E-state index is 13.3. The van der Waals surface area contributed by atoms with Gasteiger partial charge in [0.1, 0.15) is 0 Å². The molecule has 7 heteroatoms. The SMILES string of the molecule is Cc1cc2ncc(CNc3cc(Cl)c(F)c(Cl)c3)cn2n1. The van der Waals surface area contributed by atoms with Crippen LogP contribution in [0.5, 0.6) is 0 Å². The molecule has 2 aromatic heterocycles. The number of hydrogen-bond donors (Lipinski definition) is 1. The molecule has 0 atom stereocenters. The number of nitrogens with zero attached hydrogens (tertiary/aromatic N) is 3. The molecule has 21 heavy (non-hydrogen) atoms. The van der Waals surface area contributed by atoms with E-state index >= 15 is 0 Å². The molecule has 0 aliphatic carbocycles. The fourth-order valence-corrected chi connectivity index (χ4v) is 2.47. The van der Waals surface area contributed by atoms with Gasteiger partial charge in [0.2, 0.25) is 0 Å². The zero-order valence-electron chi connectivity index (χ0n) is 11.1. The van der Waals surface area contributed by atoms with E-state index in [1.54, 1.807) is 10.7 Å². The monoisotopic (exact) mass is 324 g/mol. The standard InChI is InChI=1S/C14H11Cl2FN4/c1-8-2-13-19-6-9(7-21(13)20-8)5-18-10-3-11(15)14(17)12(16)4-10/h2-4,6-7,18H,5H2,1H3. The van der Waals surface area contributed by atoms with Gasteiger partial charge in [0.05, 0.1) is 15.7 Å². The van der Waals surface area contributed by atoms with Gasteiger partial charge in [-0.25, -0.2) is 13.9 Å². The van der Waals surface area contributed by atoms with Gasteiger partial charge >= 0.3 is 0 Å². The minimum absolute atomic E-state index is 0.0127. The van der Waals surface area contributed by atoms with Crippen LogP contribution in [0.25, 0.3) is 5.65 Å². The van der Waals surface area contributed by atoms with Crippen LogP contribution in [0.1, 0.15) is 11.3 Å². The van der Waals surface area contributed by atoms with E-state index in [0.29, 0.717) is 12.2 Å². The van der Waals surface area contributed by atoms with E-state index in [-0.39, 0.29) is 10.0 Å². The first-order chi connectivity index (χ1) is 10.0. The van der Waals surface area contributed by atoms with Gasteiger partial charge in [-0.3, -0.25) is 0 Å². The molecule has 2 heterocycles. The molecule has 0 radical (unpaired) electrons. The predicted molar refractivity (Wildman–Crippen MR) is 81.5 cm³/mol. The summed E-state index contributed by atoms with van der Waals surface area (Å²) in [6.07, 6.45) is 3.64. The van der Waals surface area contributed by atoms with Crippen molar-refractivity contribution in [1.29, 1.82) is 0 Å². The van der Waals surface area contributed by atoms with Crippen molar-refractivity contribution in [2.24, 2.45) is 0 Å². The number of benzene rings is 1. The fourth-order valence-electron chi connectivity index (χ4n) is 1.99. The van der Waals surface area contributed by atoms with Gasteiger partial charge in [-0.1, -0.05) is 23.2 Å². The van der Waals surface area contributed by atoms with Gasteiger partial charge < -0.3 is 5.32 Å². The largest absolute Gasteiger partial charge is 0.381 e. The maximum absolute atomic E-state index is 13.3. The van der Waals surface area contributed by atoms with Crippen molar-refractivity contribution in [1.82, 2.24) is 14.6 Å².